The van der Waals surface area contributed by atoms with Gasteiger partial charge in [-0.25, -0.2) is 8.78 Å². The fourth-order valence-corrected chi connectivity index (χ4v) is 5.24. The van der Waals surface area contributed by atoms with Gasteiger partial charge < -0.3 is 15.0 Å². The molecule has 0 bridgehead atoms. The standard InChI is InChI=1S/C21H29F2N3O.HI/c1-24-19(26-11-9-20(14-26)10-12-27-15-20)25-13-21(7-2-3-8-21)18-16(22)5-4-6-17(18)23;/h4-6H,2-3,7-15H2,1H3,(H,24,25);1H. The highest BCUT2D eigenvalue weighted by atomic mass is 127. The Hall–Kier alpha value is -0.960. The normalized spacial score (nSPS) is 26.7. The van der Waals surface area contributed by atoms with Gasteiger partial charge in [-0.1, -0.05) is 18.9 Å². The summed E-state index contributed by atoms with van der Waals surface area (Å²) in [5.41, 5.74) is -0.00735. The average molecular weight is 505 g/mol. The maximum Gasteiger partial charge on any atom is 0.193 e. The summed E-state index contributed by atoms with van der Waals surface area (Å²) in [7, 11) is 1.78. The van der Waals surface area contributed by atoms with Gasteiger partial charge in [0, 0.05) is 49.7 Å². The minimum atomic E-state index is -0.501. The van der Waals surface area contributed by atoms with Gasteiger partial charge in [0.15, 0.2) is 5.96 Å². The van der Waals surface area contributed by atoms with Crippen LogP contribution in [0.5, 0.6) is 0 Å². The summed E-state index contributed by atoms with van der Waals surface area (Å²) >= 11 is 0. The number of halogens is 3. The zero-order chi connectivity index (χ0) is 18.9. The molecule has 2 aliphatic heterocycles. The molecule has 3 fully saturated rings. The molecule has 1 spiro atoms. The minimum Gasteiger partial charge on any atom is -0.381 e. The lowest BCUT2D eigenvalue weighted by Gasteiger charge is -2.33. The van der Waals surface area contributed by atoms with Gasteiger partial charge in [0.1, 0.15) is 11.6 Å². The maximum absolute atomic E-state index is 14.5. The molecule has 4 nitrogen and oxygen atoms in total. The van der Waals surface area contributed by atoms with E-state index >= 15 is 0 Å². The molecule has 1 unspecified atom stereocenters. The third-order valence-corrected chi connectivity index (χ3v) is 6.77. The second kappa shape index (κ2) is 8.81. The number of rotatable bonds is 3. The van der Waals surface area contributed by atoms with E-state index in [9.17, 15) is 8.78 Å². The number of hydrogen-bond donors (Lipinski definition) is 1. The van der Waals surface area contributed by atoms with E-state index in [2.05, 4.69) is 15.2 Å². The summed E-state index contributed by atoms with van der Waals surface area (Å²) in [5, 5.41) is 3.46. The Morgan fingerprint density at radius 1 is 1.18 bits per heavy atom. The van der Waals surface area contributed by atoms with Crippen molar-refractivity contribution >= 4 is 29.9 Å². The van der Waals surface area contributed by atoms with Crippen LogP contribution in [-0.4, -0.2) is 50.8 Å². The molecule has 1 aliphatic carbocycles. The Bertz CT molecular complexity index is 695. The third-order valence-electron chi connectivity index (χ3n) is 6.77. The van der Waals surface area contributed by atoms with Gasteiger partial charge in [-0.05, 0) is 37.8 Å². The van der Waals surface area contributed by atoms with Crippen LogP contribution in [-0.2, 0) is 10.2 Å². The first-order valence-corrected chi connectivity index (χ1v) is 10.1. The van der Waals surface area contributed by atoms with Crippen molar-refractivity contribution in [1.29, 1.82) is 0 Å². The van der Waals surface area contributed by atoms with Gasteiger partial charge in [-0.2, -0.15) is 0 Å². The van der Waals surface area contributed by atoms with Gasteiger partial charge >= 0.3 is 0 Å². The van der Waals surface area contributed by atoms with Crippen molar-refractivity contribution in [2.24, 2.45) is 10.4 Å². The molecule has 2 heterocycles. The molecule has 28 heavy (non-hydrogen) atoms. The lowest BCUT2D eigenvalue weighted by atomic mass is 9.78. The van der Waals surface area contributed by atoms with Crippen molar-refractivity contribution in [3.05, 3.63) is 35.4 Å². The van der Waals surface area contributed by atoms with Crippen molar-refractivity contribution in [3.63, 3.8) is 0 Å². The SMILES string of the molecule is CN=C(NCC1(c2c(F)cccc2F)CCCC1)N1CCC2(CCOC2)C1.I. The van der Waals surface area contributed by atoms with E-state index in [1.807, 2.05) is 0 Å². The van der Waals surface area contributed by atoms with Crippen LogP contribution in [0.4, 0.5) is 8.78 Å². The first kappa shape index (κ1) is 21.7. The van der Waals surface area contributed by atoms with E-state index in [0.717, 1.165) is 70.8 Å². The Morgan fingerprint density at radius 3 is 2.50 bits per heavy atom. The van der Waals surface area contributed by atoms with E-state index in [-0.39, 0.29) is 35.0 Å². The third kappa shape index (κ3) is 4.01. The minimum absolute atomic E-state index is 0. The van der Waals surface area contributed by atoms with E-state index < -0.39 is 17.0 Å². The summed E-state index contributed by atoms with van der Waals surface area (Å²) < 4.78 is 34.7. The average Bonchev–Trinajstić information content (AvgIpc) is 3.39. The predicted octanol–water partition coefficient (Wildman–Crippen LogP) is 4.08. The van der Waals surface area contributed by atoms with Crippen LogP contribution in [0.3, 0.4) is 0 Å². The summed E-state index contributed by atoms with van der Waals surface area (Å²) in [6.45, 7) is 4.07. The monoisotopic (exact) mass is 505 g/mol. The zero-order valence-electron chi connectivity index (χ0n) is 16.5. The van der Waals surface area contributed by atoms with Crippen molar-refractivity contribution in [1.82, 2.24) is 10.2 Å². The molecule has 1 aromatic rings. The van der Waals surface area contributed by atoms with Crippen LogP contribution in [0.15, 0.2) is 23.2 Å². The van der Waals surface area contributed by atoms with Gasteiger partial charge in [-0.3, -0.25) is 4.99 Å². The van der Waals surface area contributed by atoms with Crippen LogP contribution >= 0.6 is 24.0 Å². The summed E-state index contributed by atoms with van der Waals surface area (Å²) in [4.78, 5) is 6.73. The highest BCUT2D eigenvalue weighted by Gasteiger charge is 2.43. The summed E-state index contributed by atoms with van der Waals surface area (Å²) in [6, 6.07) is 4.19. The molecule has 7 heteroatoms. The smallest absolute Gasteiger partial charge is 0.193 e. The number of nitrogens with zero attached hydrogens (tertiary/aromatic N) is 2. The molecule has 156 valence electrons. The largest absolute Gasteiger partial charge is 0.381 e. The highest BCUT2D eigenvalue weighted by molar-refractivity contribution is 14.0. The Morgan fingerprint density at radius 2 is 1.89 bits per heavy atom. The van der Waals surface area contributed by atoms with Crippen molar-refractivity contribution in [2.45, 2.75) is 43.9 Å². The van der Waals surface area contributed by atoms with Crippen molar-refractivity contribution < 1.29 is 13.5 Å². The first-order chi connectivity index (χ1) is 13.1. The lowest BCUT2D eigenvalue weighted by Crippen LogP contribution is -2.47. The second-order valence-corrected chi connectivity index (χ2v) is 8.46. The van der Waals surface area contributed by atoms with Gasteiger partial charge in [0.05, 0.1) is 6.61 Å². The first-order valence-electron chi connectivity index (χ1n) is 10.1. The van der Waals surface area contributed by atoms with E-state index in [1.54, 1.807) is 7.05 Å². The number of ether oxygens (including phenoxy) is 1. The molecule has 1 atom stereocenters. The van der Waals surface area contributed by atoms with E-state index in [1.165, 1.54) is 18.2 Å². The summed E-state index contributed by atoms with van der Waals surface area (Å²) in [5.74, 6) is -0.0318. The van der Waals surface area contributed by atoms with Gasteiger partial charge in [0.25, 0.3) is 0 Å². The molecule has 4 rings (SSSR count). The summed E-state index contributed by atoms with van der Waals surface area (Å²) in [6.07, 6.45) is 5.81. The molecule has 1 saturated carbocycles. The second-order valence-electron chi connectivity index (χ2n) is 8.46. The molecule has 2 saturated heterocycles. The molecule has 3 aliphatic rings. The van der Waals surface area contributed by atoms with Crippen LogP contribution in [0.1, 0.15) is 44.1 Å². The van der Waals surface area contributed by atoms with Crippen molar-refractivity contribution in [2.75, 3.05) is 39.9 Å². The molecule has 0 radical (unpaired) electrons. The zero-order valence-corrected chi connectivity index (χ0v) is 18.8. The fraction of sp³-hybridized carbons (Fsp3) is 0.667. The van der Waals surface area contributed by atoms with Crippen LogP contribution in [0.25, 0.3) is 0 Å². The van der Waals surface area contributed by atoms with E-state index in [4.69, 9.17) is 4.74 Å². The van der Waals surface area contributed by atoms with E-state index in [0.29, 0.717) is 6.54 Å². The highest BCUT2D eigenvalue weighted by Crippen LogP contribution is 2.43. The van der Waals surface area contributed by atoms with Gasteiger partial charge in [0.2, 0.25) is 0 Å². The quantitative estimate of drug-likeness (QED) is 0.382. The van der Waals surface area contributed by atoms with Crippen LogP contribution in [0.2, 0.25) is 0 Å². The topological polar surface area (TPSA) is 36.9 Å². The van der Waals surface area contributed by atoms with Gasteiger partial charge in [-0.15, -0.1) is 24.0 Å². The fourth-order valence-electron chi connectivity index (χ4n) is 5.24. The van der Waals surface area contributed by atoms with Crippen LogP contribution < -0.4 is 5.32 Å². The maximum atomic E-state index is 14.5. The number of nitrogens with one attached hydrogen (secondary N) is 1. The number of likely N-dealkylation sites (tertiary alicyclic amines) is 1. The molecule has 1 aromatic carbocycles. The molecule has 0 aromatic heterocycles. The predicted molar refractivity (Wildman–Crippen MR) is 117 cm³/mol. The number of aliphatic imine (C=N–C) groups is 1. The van der Waals surface area contributed by atoms with Crippen molar-refractivity contribution in [3.8, 4) is 0 Å². The number of guanidine groups is 1. The Labute approximate surface area is 183 Å². The molecule has 0 amide bonds. The Kier molecular flexibility index (Phi) is 6.84. The molecular weight excluding hydrogens is 475 g/mol. The number of benzene rings is 1. The molecule has 1 N–H and O–H groups in total. The molecular formula is C21H30F2IN3O. The van der Waals surface area contributed by atoms with Crippen LogP contribution in [0, 0.1) is 17.0 Å². The Balaban J connectivity index is 0.00000225. The number of hydrogen-bond acceptors (Lipinski definition) is 2. The lowest BCUT2D eigenvalue weighted by molar-refractivity contribution is 0.156.